The average molecular weight is 263 g/mol. The van der Waals surface area contributed by atoms with Gasteiger partial charge in [0.2, 0.25) is 0 Å². The Hall–Kier alpha value is -2.04. The fourth-order valence-electron chi connectivity index (χ4n) is 2.32. The van der Waals surface area contributed by atoms with E-state index in [4.69, 9.17) is 0 Å². The average Bonchev–Trinajstić information content (AvgIpc) is 2.53. The molecule has 0 amide bonds. The Kier molecular flexibility index (Phi) is 5.89. The van der Waals surface area contributed by atoms with Crippen molar-refractivity contribution in [2.45, 2.75) is 19.3 Å². The Bertz CT molecular complexity index is 509. The summed E-state index contributed by atoms with van der Waals surface area (Å²) in [6.45, 7) is 3.77. The fourth-order valence-corrected chi connectivity index (χ4v) is 2.32. The summed E-state index contributed by atoms with van der Waals surface area (Å²) in [5.41, 5.74) is 2.71. The van der Waals surface area contributed by atoms with Gasteiger partial charge in [-0.3, -0.25) is 0 Å². The molecule has 1 nitrogen and oxygen atoms in total. The molecule has 20 heavy (non-hydrogen) atoms. The zero-order chi connectivity index (χ0) is 14.0. The first-order valence-electron chi connectivity index (χ1n) is 7.12. The summed E-state index contributed by atoms with van der Waals surface area (Å²) in [6, 6.07) is 21.3. The van der Waals surface area contributed by atoms with Crippen molar-refractivity contribution in [1.82, 2.24) is 5.32 Å². The molecule has 0 heterocycles. The number of hydrogen-bond donors (Lipinski definition) is 1. The lowest BCUT2D eigenvalue weighted by atomic mass is 9.91. The predicted octanol–water partition coefficient (Wildman–Crippen LogP) is 3.82. The number of nitrogens with one attached hydrogen (secondary N) is 1. The number of rotatable bonds is 6. The van der Waals surface area contributed by atoms with Gasteiger partial charge in [0.05, 0.1) is 0 Å². The van der Waals surface area contributed by atoms with Gasteiger partial charge < -0.3 is 5.32 Å². The lowest BCUT2D eigenvalue weighted by Crippen LogP contribution is -2.23. The van der Waals surface area contributed by atoms with E-state index in [1.165, 1.54) is 11.1 Å². The highest BCUT2D eigenvalue weighted by Gasteiger charge is 2.12. The van der Waals surface area contributed by atoms with Crippen molar-refractivity contribution in [3.63, 3.8) is 0 Å². The summed E-state index contributed by atoms with van der Waals surface area (Å²) in [5.74, 6) is 6.41. The molecule has 0 unspecified atom stereocenters. The van der Waals surface area contributed by atoms with Gasteiger partial charge in [0, 0.05) is 25.4 Å². The molecule has 0 aliphatic heterocycles. The van der Waals surface area contributed by atoms with Crippen LogP contribution in [0.2, 0.25) is 0 Å². The molecule has 2 rings (SSSR count). The molecule has 0 bridgehead atoms. The van der Waals surface area contributed by atoms with Crippen LogP contribution < -0.4 is 5.32 Å². The predicted molar refractivity (Wildman–Crippen MR) is 85.7 cm³/mol. The largest absolute Gasteiger partial charge is 0.315 e. The van der Waals surface area contributed by atoms with Gasteiger partial charge in [0.15, 0.2) is 0 Å². The maximum Gasteiger partial charge on any atom is 0.0214 e. The second-order valence-electron chi connectivity index (χ2n) is 4.75. The van der Waals surface area contributed by atoms with Crippen molar-refractivity contribution in [2.75, 3.05) is 13.1 Å². The molecule has 0 saturated heterocycles. The number of benzene rings is 2. The molecule has 1 heteroatoms. The molecular formula is C19H21N. The molecule has 0 aliphatic rings. The van der Waals surface area contributed by atoms with Crippen LogP contribution in [0.5, 0.6) is 0 Å². The Morgan fingerprint density at radius 1 is 0.900 bits per heavy atom. The van der Waals surface area contributed by atoms with E-state index in [0.717, 1.165) is 19.5 Å². The smallest absolute Gasteiger partial charge is 0.0214 e. The van der Waals surface area contributed by atoms with Crippen LogP contribution in [0.1, 0.15) is 30.4 Å². The molecule has 2 aromatic rings. The minimum Gasteiger partial charge on any atom is -0.315 e. The molecule has 0 atom stereocenters. The van der Waals surface area contributed by atoms with E-state index in [9.17, 15) is 0 Å². The second-order valence-corrected chi connectivity index (χ2v) is 4.75. The Morgan fingerprint density at radius 2 is 1.45 bits per heavy atom. The summed E-state index contributed by atoms with van der Waals surface area (Å²) in [6.07, 6.45) is 0.910. The molecule has 0 fully saturated rings. The van der Waals surface area contributed by atoms with Crippen LogP contribution in [-0.4, -0.2) is 13.1 Å². The summed E-state index contributed by atoms with van der Waals surface area (Å²) >= 11 is 0. The van der Waals surface area contributed by atoms with E-state index < -0.39 is 0 Å². The van der Waals surface area contributed by atoms with E-state index >= 15 is 0 Å². The standard InChI is InChI=1S/C19H21N/c1-2-3-10-15-20-16-19(17-11-6-4-7-12-17)18-13-8-5-9-14-18/h4-9,11-14,19-20H,10,15-16H2,1H3. The SMILES string of the molecule is CC#CCCNCC(c1ccccc1)c1ccccc1. The second kappa shape index (κ2) is 8.19. The first kappa shape index (κ1) is 14.4. The van der Waals surface area contributed by atoms with Gasteiger partial charge in [-0.15, -0.1) is 11.8 Å². The van der Waals surface area contributed by atoms with Crippen molar-refractivity contribution in [2.24, 2.45) is 0 Å². The third kappa shape index (κ3) is 4.26. The molecular weight excluding hydrogens is 242 g/mol. The van der Waals surface area contributed by atoms with E-state index in [0.29, 0.717) is 5.92 Å². The minimum atomic E-state index is 0.395. The Labute approximate surface area is 122 Å². The van der Waals surface area contributed by atoms with E-state index in [1.54, 1.807) is 0 Å². The monoisotopic (exact) mass is 263 g/mol. The van der Waals surface area contributed by atoms with Crippen LogP contribution in [0.15, 0.2) is 60.7 Å². The first-order chi connectivity index (χ1) is 9.92. The van der Waals surface area contributed by atoms with Crippen molar-refractivity contribution in [3.05, 3.63) is 71.8 Å². The van der Waals surface area contributed by atoms with E-state index in [-0.39, 0.29) is 0 Å². The maximum atomic E-state index is 3.51. The zero-order valence-corrected chi connectivity index (χ0v) is 12.0. The lowest BCUT2D eigenvalue weighted by Gasteiger charge is -2.18. The Balaban J connectivity index is 2.07. The summed E-state index contributed by atoms with van der Waals surface area (Å²) < 4.78 is 0. The van der Waals surface area contributed by atoms with Gasteiger partial charge >= 0.3 is 0 Å². The third-order valence-electron chi connectivity index (χ3n) is 3.36. The third-order valence-corrected chi connectivity index (χ3v) is 3.36. The molecule has 0 aliphatic carbocycles. The summed E-state index contributed by atoms with van der Waals surface area (Å²) in [4.78, 5) is 0. The quantitative estimate of drug-likeness (QED) is 0.617. The van der Waals surface area contributed by atoms with Gasteiger partial charge in [0.1, 0.15) is 0 Å². The Morgan fingerprint density at radius 3 is 1.95 bits per heavy atom. The maximum absolute atomic E-state index is 3.51. The van der Waals surface area contributed by atoms with Crippen LogP contribution in [0, 0.1) is 11.8 Å². The van der Waals surface area contributed by atoms with Gasteiger partial charge in [-0.2, -0.15) is 0 Å². The van der Waals surface area contributed by atoms with Crippen LogP contribution in [0.4, 0.5) is 0 Å². The van der Waals surface area contributed by atoms with Gasteiger partial charge in [-0.25, -0.2) is 0 Å². The molecule has 2 aromatic carbocycles. The minimum absolute atomic E-state index is 0.395. The normalized spacial score (nSPS) is 10.1. The number of hydrogen-bond acceptors (Lipinski definition) is 1. The van der Waals surface area contributed by atoms with Crippen molar-refractivity contribution in [3.8, 4) is 11.8 Å². The van der Waals surface area contributed by atoms with Crippen LogP contribution in [0.3, 0.4) is 0 Å². The molecule has 0 radical (unpaired) electrons. The highest BCUT2D eigenvalue weighted by atomic mass is 14.9. The topological polar surface area (TPSA) is 12.0 Å². The summed E-state index contributed by atoms with van der Waals surface area (Å²) in [7, 11) is 0. The molecule has 0 spiro atoms. The van der Waals surface area contributed by atoms with Crippen LogP contribution >= 0.6 is 0 Å². The molecule has 0 saturated carbocycles. The highest BCUT2D eigenvalue weighted by molar-refractivity contribution is 5.32. The first-order valence-corrected chi connectivity index (χ1v) is 7.12. The van der Waals surface area contributed by atoms with Gasteiger partial charge in [-0.05, 0) is 18.1 Å². The van der Waals surface area contributed by atoms with Crippen molar-refractivity contribution in [1.29, 1.82) is 0 Å². The van der Waals surface area contributed by atoms with Gasteiger partial charge in [-0.1, -0.05) is 60.7 Å². The van der Waals surface area contributed by atoms with Crippen molar-refractivity contribution >= 4 is 0 Å². The molecule has 1 N–H and O–H groups in total. The van der Waals surface area contributed by atoms with Crippen LogP contribution in [0.25, 0.3) is 0 Å². The fraction of sp³-hybridized carbons (Fsp3) is 0.263. The molecule has 102 valence electrons. The molecule has 0 aromatic heterocycles. The zero-order valence-electron chi connectivity index (χ0n) is 12.0. The van der Waals surface area contributed by atoms with Crippen LogP contribution in [-0.2, 0) is 0 Å². The summed E-state index contributed by atoms with van der Waals surface area (Å²) in [5, 5.41) is 3.51. The lowest BCUT2D eigenvalue weighted by molar-refractivity contribution is 0.643. The van der Waals surface area contributed by atoms with E-state index in [1.807, 2.05) is 6.92 Å². The highest BCUT2D eigenvalue weighted by Crippen LogP contribution is 2.23. The van der Waals surface area contributed by atoms with Gasteiger partial charge in [0.25, 0.3) is 0 Å². The van der Waals surface area contributed by atoms with E-state index in [2.05, 4.69) is 77.8 Å². The van der Waals surface area contributed by atoms with Crippen molar-refractivity contribution < 1.29 is 0 Å².